The Bertz CT molecular complexity index is 634. The number of nitrogens with zero attached hydrogens (tertiary/aromatic N) is 1. The molecule has 3 N–H and O–H groups in total. The normalized spacial score (nSPS) is 13.7. The van der Waals surface area contributed by atoms with Crippen molar-refractivity contribution < 1.29 is 14.4 Å². The van der Waals surface area contributed by atoms with Crippen molar-refractivity contribution in [3.63, 3.8) is 0 Å². The number of rotatable bonds is 5. The highest BCUT2D eigenvalue weighted by molar-refractivity contribution is 5.43. The largest absolute Gasteiger partial charge is 0.391 e. The van der Waals surface area contributed by atoms with E-state index in [1.54, 1.807) is 0 Å². The van der Waals surface area contributed by atoms with Crippen LogP contribution in [0.15, 0.2) is 48.5 Å². The van der Waals surface area contributed by atoms with Crippen molar-refractivity contribution in [3.05, 3.63) is 75.6 Å². The molecule has 2 aromatic rings. The Morgan fingerprint density at radius 3 is 2.52 bits per heavy atom. The first-order valence-electron chi connectivity index (χ1n) is 6.40. The summed E-state index contributed by atoms with van der Waals surface area (Å²) in [4.78, 5) is 10.3. The van der Waals surface area contributed by atoms with Crippen molar-refractivity contribution in [3.8, 4) is 0 Å². The second-order valence-electron chi connectivity index (χ2n) is 4.74. The Balaban J connectivity index is 2.24. The van der Waals surface area contributed by atoms with Crippen molar-refractivity contribution in [2.75, 3.05) is 0 Å². The summed E-state index contributed by atoms with van der Waals surface area (Å²) in [5.74, 6) is -0.627. The number of aliphatic hydroxyl groups excluding tert-OH is 1. The molecule has 2 rings (SSSR count). The van der Waals surface area contributed by atoms with Gasteiger partial charge in [-0.05, 0) is 17.7 Å². The Labute approximate surface area is 121 Å². The number of nitro benzene ring substituents is 1. The lowest BCUT2D eigenvalue weighted by Gasteiger charge is -2.19. The molecule has 0 saturated carbocycles. The topological polar surface area (TPSA) is 89.4 Å². The van der Waals surface area contributed by atoms with Gasteiger partial charge in [0.15, 0.2) is 0 Å². The minimum Gasteiger partial charge on any atom is -0.391 e. The van der Waals surface area contributed by atoms with Crippen LogP contribution in [0.4, 0.5) is 10.1 Å². The standard InChI is InChI=1S/C15H15FN2O3/c16-11-6-7-13(18(20)21)12(9-11)15(17)14(19)8-10-4-2-1-3-5-10/h1-7,9,14-15,19H,8,17H2/t14-,15+/m0/s1. The highest BCUT2D eigenvalue weighted by Gasteiger charge is 2.25. The highest BCUT2D eigenvalue weighted by Crippen LogP contribution is 2.27. The fourth-order valence-corrected chi connectivity index (χ4v) is 2.15. The van der Waals surface area contributed by atoms with Crippen LogP contribution in [0.25, 0.3) is 0 Å². The number of benzene rings is 2. The Morgan fingerprint density at radius 2 is 1.90 bits per heavy atom. The molecule has 0 radical (unpaired) electrons. The van der Waals surface area contributed by atoms with Crippen LogP contribution >= 0.6 is 0 Å². The SMILES string of the molecule is N[C@H](c1cc(F)ccc1[N+](=O)[O-])[C@@H](O)Cc1ccccc1. The molecule has 0 saturated heterocycles. The summed E-state index contributed by atoms with van der Waals surface area (Å²) in [6.07, 6.45) is -0.816. The Hall–Kier alpha value is -2.31. The van der Waals surface area contributed by atoms with Crippen LogP contribution in [0.1, 0.15) is 17.2 Å². The van der Waals surface area contributed by atoms with Gasteiger partial charge < -0.3 is 10.8 Å². The maximum atomic E-state index is 13.3. The molecule has 0 aromatic heterocycles. The van der Waals surface area contributed by atoms with Crippen LogP contribution in [-0.4, -0.2) is 16.1 Å². The summed E-state index contributed by atoms with van der Waals surface area (Å²) in [6, 6.07) is 11.1. The predicted molar refractivity (Wildman–Crippen MR) is 76.1 cm³/mol. The molecule has 6 heteroatoms. The number of aliphatic hydroxyl groups is 1. The fraction of sp³-hybridized carbons (Fsp3) is 0.200. The Morgan fingerprint density at radius 1 is 1.24 bits per heavy atom. The van der Waals surface area contributed by atoms with Gasteiger partial charge in [0.2, 0.25) is 0 Å². The molecule has 0 fully saturated rings. The summed E-state index contributed by atoms with van der Waals surface area (Å²) < 4.78 is 13.3. The molecule has 110 valence electrons. The van der Waals surface area contributed by atoms with Gasteiger partial charge in [-0.3, -0.25) is 10.1 Å². The van der Waals surface area contributed by atoms with Crippen molar-refractivity contribution in [1.82, 2.24) is 0 Å². The van der Waals surface area contributed by atoms with Gasteiger partial charge in [0.25, 0.3) is 5.69 Å². The smallest absolute Gasteiger partial charge is 0.274 e. The third-order valence-corrected chi connectivity index (χ3v) is 3.25. The molecule has 0 aliphatic rings. The molecule has 5 nitrogen and oxygen atoms in total. The maximum Gasteiger partial charge on any atom is 0.274 e. The van der Waals surface area contributed by atoms with Gasteiger partial charge in [-0.2, -0.15) is 0 Å². The first-order chi connectivity index (χ1) is 9.99. The molecule has 0 aliphatic heterocycles. The van der Waals surface area contributed by atoms with E-state index in [0.717, 1.165) is 23.8 Å². The predicted octanol–water partition coefficient (Wildman–Crippen LogP) is 2.34. The molecule has 0 unspecified atom stereocenters. The number of halogens is 1. The summed E-state index contributed by atoms with van der Waals surface area (Å²) in [6.45, 7) is 0. The molecule has 21 heavy (non-hydrogen) atoms. The molecule has 2 atom stereocenters. The molecule has 0 amide bonds. The van der Waals surface area contributed by atoms with E-state index in [0.29, 0.717) is 0 Å². The van der Waals surface area contributed by atoms with E-state index in [9.17, 15) is 19.6 Å². The molecule has 0 aliphatic carbocycles. The number of hydrogen-bond acceptors (Lipinski definition) is 4. The summed E-state index contributed by atoms with van der Waals surface area (Å²) in [7, 11) is 0. The highest BCUT2D eigenvalue weighted by atomic mass is 19.1. The second kappa shape index (κ2) is 6.43. The summed E-state index contributed by atoms with van der Waals surface area (Å²) in [5.41, 5.74) is 6.41. The lowest BCUT2D eigenvalue weighted by Crippen LogP contribution is -2.28. The van der Waals surface area contributed by atoms with Crippen LogP contribution < -0.4 is 5.73 Å². The molecule has 0 spiro atoms. The van der Waals surface area contributed by atoms with Gasteiger partial charge in [-0.25, -0.2) is 4.39 Å². The minimum absolute atomic E-state index is 0.0107. The third kappa shape index (κ3) is 3.62. The van der Waals surface area contributed by atoms with E-state index in [-0.39, 0.29) is 17.7 Å². The first kappa shape index (κ1) is 15.1. The van der Waals surface area contributed by atoms with E-state index < -0.39 is 22.9 Å². The molecule has 0 heterocycles. The van der Waals surface area contributed by atoms with Gasteiger partial charge in [0.05, 0.1) is 22.6 Å². The van der Waals surface area contributed by atoms with Gasteiger partial charge in [-0.1, -0.05) is 30.3 Å². The summed E-state index contributed by atoms with van der Waals surface area (Å²) in [5, 5.41) is 21.1. The number of nitrogens with two attached hydrogens (primary N) is 1. The first-order valence-corrected chi connectivity index (χ1v) is 6.40. The number of hydrogen-bond donors (Lipinski definition) is 2. The average Bonchev–Trinajstić information content (AvgIpc) is 2.47. The van der Waals surface area contributed by atoms with Crippen molar-refractivity contribution in [1.29, 1.82) is 0 Å². The Kier molecular flexibility index (Phi) is 4.62. The third-order valence-electron chi connectivity index (χ3n) is 3.25. The minimum atomic E-state index is -1.05. The zero-order valence-corrected chi connectivity index (χ0v) is 11.1. The van der Waals surface area contributed by atoms with Crippen LogP contribution in [0.3, 0.4) is 0 Å². The monoisotopic (exact) mass is 290 g/mol. The van der Waals surface area contributed by atoms with Crippen LogP contribution in [-0.2, 0) is 6.42 Å². The van der Waals surface area contributed by atoms with E-state index in [4.69, 9.17) is 5.73 Å². The van der Waals surface area contributed by atoms with E-state index in [2.05, 4.69) is 0 Å². The lowest BCUT2D eigenvalue weighted by molar-refractivity contribution is -0.385. The quantitative estimate of drug-likeness (QED) is 0.653. The van der Waals surface area contributed by atoms with E-state index in [1.165, 1.54) is 0 Å². The number of nitro groups is 1. The van der Waals surface area contributed by atoms with E-state index >= 15 is 0 Å². The molecular formula is C15H15FN2O3. The van der Waals surface area contributed by atoms with Gasteiger partial charge >= 0.3 is 0 Å². The molecule has 2 aromatic carbocycles. The lowest BCUT2D eigenvalue weighted by atomic mass is 9.95. The van der Waals surface area contributed by atoms with Gasteiger partial charge in [0, 0.05) is 12.5 Å². The molecule has 0 bridgehead atoms. The van der Waals surface area contributed by atoms with Crippen molar-refractivity contribution in [2.24, 2.45) is 5.73 Å². The van der Waals surface area contributed by atoms with Gasteiger partial charge in [-0.15, -0.1) is 0 Å². The maximum absolute atomic E-state index is 13.3. The second-order valence-corrected chi connectivity index (χ2v) is 4.74. The van der Waals surface area contributed by atoms with Crippen LogP contribution in [0.5, 0.6) is 0 Å². The van der Waals surface area contributed by atoms with Crippen LogP contribution in [0, 0.1) is 15.9 Å². The zero-order valence-electron chi connectivity index (χ0n) is 11.1. The van der Waals surface area contributed by atoms with E-state index in [1.807, 2.05) is 30.3 Å². The van der Waals surface area contributed by atoms with Crippen molar-refractivity contribution in [2.45, 2.75) is 18.6 Å². The fourth-order valence-electron chi connectivity index (χ4n) is 2.15. The average molecular weight is 290 g/mol. The molecular weight excluding hydrogens is 275 g/mol. The van der Waals surface area contributed by atoms with Crippen molar-refractivity contribution >= 4 is 5.69 Å². The summed E-state index contributed by atoms with van der Waals surface area (Å²) >= 11 is 0. The van der Waals surface area contributed by atoms with Gasteiger partial charge in [0.1, 0.15) is 5.82 Å². The van der Waals surface area contributed by atoms with Crippen LogP contribution in [0.2, 0.25) is 0 Å². The zero-order chi connectivity index (χ0) is 15.4.